The predicted molar refractivity (Wildman–Crippen MR) is 148 cm³/mol. The van der Waals surface area contributed by atoms with Crippen molar-refractivity contribution in [1.82, 2.24) is 9.47 Å². The number of carbonyl (C=O) groups excluding carboxylic acids is 3. The van der Waals surface area contributed by atoms with Gasteiger partial charge in [0.2, 0.25) is 5.91 Å². The van der Waals surface area contributed by atoms with Crippen LogP contribution in [-0.2, 0) is 25.5 Å². The van der Waals surface area contributed by atoms with E-state index in [2.05, 4.69) is 0 Å². The summed E-state index contributed by atoms with van der Waals surface area (Å²) in [6.07, 6.45) is 1.52. The number of hydrogen-bond acceptors (Lipinski definition) is 7. The van der Waals surface area contributed by atoms with E-state index in [-0.39, 0.29) is 29.8 Å². The molecule has 1 aromatic heterocycles. The zero-order valence-electron chi connectivity index (χ0n) is 22.2. The molecule has 3 atom stereocenters. The molecule has 0 unspecified atom stereocenters. The highest BCUT2D eigenvalue weighted by Crippen LogP contribution is 2.58. The Hall–Kier alpha value is -2.13. The third kappa shape index (κ3) is 4.36. The van der Waals surface area contributed by atoms with Crippen LogP contribution >= 0.6 is 23.5 Å². The minimum absolute atomic E-state index is 0.0761. The van der Waals surface area contributed by atoms with Crippen LogP contribution in [0.5, 0.6) is 0 Å². The van der Waals surface area contributed by atoms with E-state index in [0.29, 0.717) is 32.4 Å². The molecular formula is C28H36N2O5S2. The number of para-hydroxylation sites is 1. The minimum Gasteiger partial charge on any atom is -0.464 e. The van der Waals surface area contributed by atoms with E-state index in [1.165, 1.54) is 0 Å². The molecule has 2 aromatic rings. The quantitative estimate of drug-likeness (QED) is 0.461. The highest BCUT2D eigenvalue weighted by Gasteiger charge is 2.59. The van der Waals surface area contributed by atoms with E-state index in [9.17, 15) is 14.4 Å². The summed E-state index contributed by atoms with van der Waals surface area (Å²) in [4.78, 5) is 43.1. The molecule has 0 spiro atoms. The second-order valence-electron chi connectivity index (χ2n) is 10.9. The molecule has 200 valence electrons. The van der Waals surface area contributed by atoms with Gasteiger partial charge in [0, 0.05) is 35.3 Å². The first kappa shape index (κ1) is 26.5. The maximum absolute atomic E-state index is 14.0. The Balaban J connectivity index is 1.66. The Kier molecular flexibility index (Phi) is 7.07. The van der Waals surface area contributed by atoms with Gasteiger partial charge in [-0.2, -0.15) is 0 Å². The standard InChI is InChI=1S/C28H36N2O5S2/c1-6-17-20(28(25(32)34-7-2)36-14-15-37-28)16-22-23-19(12-13-29(22)24(17)31)18-10-8-9-11-21(18)30(23)26(33)35-27(3,4)5/h8-11,17,20,22H,6-7,12-16H2,1-5H3/t17-,20+,22-/m1/s1. The summed E-state index contributed by atoms with van der Waals surface area (Å²) in [6, 6.07) is 7.59. The fraction of sp³-hybridized carbons (Fsp3) is 0.607. The average Bonchev–Trinajstić information content (AvgIpc) is 3.47. The lowest BCUT2D eigenvalue weighted by Crippen LogP contribution is -2.56. The van der Waals surface area contributed by atoms with Crippen LogP contribution in [0.3, 0.4) is 0 Å². The lowest BCUT2D eigenvalue weighted by molar-refractivity contribution is -0.152. The van der Waals surface area contributed by atoms with Crippen molar-refractivity contribution in [2.24, 2.45) is 11.8 Å². The number of nitrogens with zero attached hydrogens (tertiary/aromatic N) is 2. The van der Waals surface area contributed by atoms with Gasteiger partial charge in [0.15, 0.2) is 4.08 Å². The number of thioether (sulfide) groups is 2. The molecule has 7 nitrogen and oxygen atoms in total. The van der Waals surface area contributed by atoms with E-state index < -0.39 is 15.8 Å². The Labute approximate surface area is 227 Å². The van der Waals surface area contributed by atoms with Gasteiger partial charge in [0.1, 0.15) is 5.60 Å². The van der Waals surface area contributed by atoms with Crippen LogP contribution in [0, 0.1) is 11.8 Å². The van der Waals surface area contributed by atoms with Crippen LogP contribution in [-0.4, -0.2) is 61.8 Å². The summed E-state index contributed by atoms with van der Waals surface area (Å²) in [5, 5.41) is 1.02. The molecule has 4 heterocycles. The molecule has 37 heavy (non-hydrogen) atoms. The van der Waals surface area contributed by atoms with Gasteiger partial charge >= 0.3 is 12.1 Å². The normalized spacial score (nSPS) is 25.1. The number of carbonyl (C=O) groups is 3. The highest BCUT2D eigenvalue weighted by molar-refractivity contribution is 8.22. The van der Waals surface area contributed by atoms with E-state index in [1.807, 2.05) is 63.8 Å². The summed E-state index contributed by atoms with van der Waals surface area (Å²) in [6.45, 7) is 10.4. The van der Waals surface area contributed by atoms with Gasteiger partial charge in [-0.1, -0.05) is 25.1 Å². The van der Waals surface area contributed by atoms with E-state index >= 15 is 0 Å². The average molecular weight is 545 g/mol. The number of hydrogen-bond donors (Lipinski definition) is 0. The third-order valence-corrected chi connectivity index (χ3v) is 11.2. The fourth-order valence-corrected chi connectivity index (χ4v) is 9.70. The van der Waals surface area contributed by atoms with Crippen molar-refractivity contribution in [1.29, 1.82) is 0 Å². The maximum atomic E-state index is 14.0. The lowest BCUT2D eigenvalue weighted by Gasteiger charge is -2.49. The first-order valence-electron chi connectivity index (χ1n) is 13.2. The molecule has 1 amide bonds. The molecule has 3 aliphatic rings. The molecule has 3 aliphatic heterocycles. The molecule has 5 rings (SSSR count). The second kappa shape index (κ2) is 9.88. The monoisotopic (exact) mass is 544 g/mol. The summed E-state index contributed by atoms with van der Waals surface area (Å²) in [5.41, 5.74) is 2.07. The fourth-order valence-electron chi connectivity index (χ4n) is 6.29. The first-order valence-corrected chi connectivity index (χ1v) is 15.2. The number of benzene rings is 1. The Morgan fingerprint density at radius 1 is 1.14 bits per heavy atom. The minimum atomic E-state index is -0.807. The van der Waals surface area contributed by atoms with Crippen LogP contribution in [0.4, 0.5) is 4.79 Å². The number of aromatic nitrogens is 1. The van der Waals surface area contributed by atoms with Crippen molar-refractivity contribution in [2.75, 3.05) is 24.7 Å². The van der Waals surface area contributed by atoms with Gasteiger partial charge in [-0.15, -0.1) is 23.5 Å². The molecule has 1 aromatic carbocycles. The molecular weight excluding hydrogens is 508 g/mol. The van der Waals surface area contributed by atoms with Crippen molar-refractivity contribution in [2.45, 2.75) is 69.6 Å². The highest BCUT2D eigenvalue weighted by atomic mass is 32.2. The van der Waals surface area contributed by atoms with Gasteiger partial charge in [-0.05, 0) is 58.6 Å². The molecule has 2 fully saturated rings. The van der Waals surface area contributed by atoms with Crippen LogP contribution in [0.25, 0.3) is 10.9 Å². The molecule has 0 aliphatic carbocycles. The van der Waals surface area contributed by atoms with Crippen molar-refractivity contribution < 1.29 is 23.9 Å². The van der Waals surface area contributed by atoms with E-state index in [4.69, 9.17) is 9.47 Å². The first-order chi connectivity index (χ1) is 17.6. The van der Waals surface area contributed by atoms with Crippen molar-refractivity contribution in [3.05, 3.63) is 35.5 Å². The second-order valence-corrected chi connectivity index (χ2v) is 13.9. The number of esters is 1. The number of amides is 1. The number of rotatable bonds is 4. The van der Waals surface area contributed by atoms with Gasteiger partial charge in [-0.25, -0.2) is 14.2 Å². The van der Waals surface area contributed by atoms with E-state index in [1.54, 1.807) is 28.1 Å². The van der Waals surface area contributed by atoms with Crippen molar-refractivity contribution in [3.8, 4) is 0 Å². The Morgan fingerprint density at radius 3 is 2.49 bits per heavy atom. The lowest BCUT2D eigenvalue weighted by atomic mass is 9.74. The molecule has 0 N–H and O–H groups in total. The van der Waals surface area contributed by atoms with Crippen LogP contribution in [0.15, 0.2) is 24.3 Å². The van der Waals surface area contributed by atoms with E-state index in [0.717, 1.165) is 33.7 Å². The Morgan fingerprint density at radius 2 is 1.84 bits per heavy atom. The zero-order chi connectivity index (χ0) is 26.5. The molecule has 0 saturated carbocycles. The molecule has 9 heteroatoms. The van der Waals surface area contributed by atoms with Crippen LogP contribution in [0.2, 0.25) is 0 Å². The van der Waals surface area contributed by atoms with Crippen LogP contribution < -0.4 is 0 Å². The summed E-state index contributed by atoms with van der Waals surface area (Å²) < 4.78 is 12.3. The smallest absolute Gasteiger partial charge is 0.419 e. The van der Waals surface area contributed by atoms with Gasteiger partial charge in [0.25, 0.3) is 0 Å². The number of fused-ring (bicyclic) bond motifs is 5. The van der Waals surface area contributed by atoms with Gasteiger partial charge < -0.3 is 14.4 Å². The Bertz CT molecular complexity index is 1230. The number of ether oxygens (including phenoxy) is 2. The summed E-state index contributed by atoms with van der Waals surface area (Å²) in [7, 11) is 0. The third-order valence-electron chi connectivity index (χ3n) is 7.66. The largest absolute Gasteiger partial charge is 0.464 e. The molecule has 2 saturated heterocycles. The summed E-state index contributed by atoms with van der Waals surface area (Å²) in [5.74, 6) is 1.09. The molecule has 0 bridgehead atoms. The SMILES string of the molecule is CCOC(=O)C1([C@H]2C[C@@H]3c4c(c5ccccc5n4C(=O)OC(C)(C)C)CCN3C(=O)[C@@H]2CC)SCCS1. The zero-order valence-corrected chi connectivity index (χ0v) is 23.9. The van der Waals surface area contributed by atoms with Gasteiger partial charge in [0.05, 0.1) is 23.9 Å². The predicted octanol–water partition coefficient (Wildman–Crippen LogP) is 5.64. The van der Waals surface area contributed by atoms with Crippen molar-refractivity contribution in [3.63, 3.8) is 0 Å². The maximum Gasteiger partial charge on any atom is 0.419 e. The topological polar surface area (TPSA) is 77.8 Å². The van der Waals surface area contributed by atoms with Gasteiger partial charge in [-0.3, -0.25) is 4.79 Å². The number of piperidine rings is 1. The molecule has 0 radical (unpaired) electrons. The van der Waals surface area contributed by atoms with Crippen molar-refractivity contribution >= 4 is 52.4 Å². The summed E-state index contributed by atoms with van der Waals surface area (Å²) >= 11 is 3.26. The van der Waals surface area contributed by atoms with Crippen LogP contribution in [0.1, 0.15) is 64.8 Å².